The average Bonchev–Trinajstić information content (AvgIpc) is 3.00. The van der Waals surface area contributed by atoms with Gasteiger partial charge in [-0.1, -0.05) is 36.4 Å². The lowest BCUT2D eigenvalue weighted by atomic mass is 9.87. The number of hydrogen-bond donors (Lipinski definition) is 0. The number of benzene rings is 1. The Labute approximate surface area is 144 Å². The molecule has 0 N–H and O–H groups in total. The predicted molar refractivity (Wildman–Crippen MR) is 96.9 cm³/mol. The first kappa shape index (κ1) is 16.6. The topological polar surface area (TPSA) is 31.2 Å². The Bertz CT molecular complexity index is 730. The largest absolute Gasteiger partial charge is 0.466 e. The highest BCUT2D eigenvalue weighted by atomic mass is 16.5. The molecule has 3 nitrogen and oxygen atoms in total. The molecular formula is C21H25NO2. The average molecular weight is 323 g/mol. The molecule has 126 valence electrons. The van der Waals surface area contributed by atoms with Crippen molar-refractivity contribution in [1.29, 1.82) is 0 Å². The van der Waals surface area contributed by atoms with Crippen LogP contribution >= 0.6 is 0 Å². The van der Waals surface area contributed by atoms with E-state index < -0.39 is 0 Å². The third-order valence-electron chi connectivity index (χ3n) is 4.87. The molecule has 2 aromatic rings. The van der Waals surface area contributed by atoms with E-state index in [4.69, 9.17) is 4.74 Å². The minimum Gasteiger partial charge on any atom is -0.466 e. The molecule has 1 aliphatic rings. The van der Waals surface area contributed by atoms with Crippen LogP contribution in [0.15, 0.2) is 49.1 Å². The van der Waals surface area contributed by atoms with Crippen LogP contribution in [0.3, 0.4) is 0 Å². The van der Waals surface area contributed by atoms with Gasteiger partial charge in [0.1, 0.15) is 0 Å². The van der Waals surface area contributed by atoms with Gasteiger partial charge in [0.2, 0.25) is 0 Å². The van der Waals surface area contributed by atoms with E-state index in [2.05, 4.69) is 48.4 Å². The number of carbonyl (C=O) groups excluding carboxylic acids is 1. The second-order valence-electron chi connectivity index (χ2n) is 6.41. The Kier molecular flexibility index (Phi) is 4.89. The maximum absolute atomic E-state index is 12.1. The van der Waals surface area contributed by atoms with Crippen molar-refractivity contribution >= 4 is 5.97 Å². The van der Waals surface area contributed by atoms with Crippen molar-refractivity contribution in [3.05, 3.63) is 60.3 Å². The first-order valence-corrected chi connectivity index (χ1v) is 8.73. The summed E-state index contributed by atoms with van der Waals surface area (Å²) in [6.07, 6.45) is 4.51. The van der Waals surface area contributed by atoms with Gasteiger partial charge in [-0.15, -0.1) is 6.58 Å². The van der Waals surface area contributed by atoms with Gasteiger partial charge in [0.25, 0.3) is 0 Å². The normalized spacial score (nSPS) is 17.8. The summed E-state index contributed by atoms with van der Waals surface area (Å²) in [5.41, 5.74) is 5.01. The van der Waals surface area contributed by atoms with E-state index in [9.17, 15) is 4.79 Å². The SMILES string of the molecule is C=CC(C)n1c(-c2ccccc2)cc2c1CCC(C(=O)OCC)C2. The van der Waals surface area contributed by atoms with Gasteiger partial charge in [-0.2, -0.15) is 0 Å². The summed E-state index contributed by atoms with van der Waals surface area (Å²) >= 11 is 0. The number of hydrogen-bond acceptors (Lipinski definition) is 2. The maximum Gasteiger partial charge on any atom is 0.309 e. The Morgan fingerprint density at radius 2 is 2.17 bits per heavy atom. The number of esters is 1. The van der Waals surface area contributed by atoms with Crippen molar-refractivity contribution in [2.45, 2.75) is 39.2 Å². The molecule has 0 spiro atoms. The highest BCUT2D eigenvalue weighted by molar-refractivity contribution is 5.74. The predicted octanol–water partition coefficient (Wildman–Crippen LogP) is 4.57. The van der Waals surface area contributed by atoms with Gasteiger partial charge in [0.05, 0.1) is 12.5 Å². The lowest BCUT2D eigenvalue weighted by molar-refractivity contribution is -0.148. The molecule has 24 heavy (non-hydrogen) atoms. The molecular weight excluding hydrogens is 298 g/mol. The third-order valence-corrected chi connectivity index (χ3v) is 4.87. The molecule has 0 aliphatic heterocycles. The third kappa shape index (κ3) is 3.03. The number of aromatic nitrogens is 1. The molecule has 3 rings (SSSR count). The number of fused-ring (bicyclic) bond motifs is 1. The molecule has 1 heterocycles. The Balaban J connectivity index is 2.01. The van der Waals surface area contributed by atoms with Crippen molar-refractivity contribution in [3.8, 4) is 11.3 Å². The van der Waals surface area contributed by atoms with Crippen LogP contribution in [0.2, 0.25) is 0 Å². The summed E-state index contributed by atoms with van der Waals surface area (Å²) < 4.78 is 7.60. The summed E-state index contributed by atoms with van der Waals surface area (Å²) in [5, 5.41) is 0. The fourth-order valence-electron chi connectivity index (χ4n) is 3.62. The summed E-state index contributed by atoms with van der Waals surface area (Å²) in [5.74, 6) is -0.0788. The lowest BCUT2D eigenvalue weighted by Crippen LogP contribution is -2.25. The molecule has 0 saturated heterocycles. The van der Waals surface area contributed by atoms with Crippen LogP contribution in [0, 0.1) is 5.92 Å². The van der Waals surface area contributed by atoms with Gasteiger partial charge < -0.3 is 9.30 Å². The van der Waals surface area contributed by atoms with E-state index in [0.29, 0.717) is 6.61 Å². The zero-order valence-corrected chi connectivity index (χ0v) is 14.5. The number of nitrogens with zero attached hydrogens (tertiary/aromatic N) is 1. The minimum absolute atomic E-state index is 0.0176. The van der Waals surface area contributed by atoms with Crippen LogP contribution in [-0.4, -0.2) is 17.1 Å². The molecule has 0 radical (unpaired) electrons. The molecule has 2 unspecified atom stereocenters. The van der Waals surface area contributed by atoms with Crippen molar-refractivity contribution in [1.82, 2.24) is 4.57 Å². The van der Waals surface area contributed by atoms with Crippen molar-refractivity contribution in [3.63, 3.8) is 0 Å². The van der Waals surface area contributed by atoms with Crippen LogP contribution in [0.5, 0.6) is 0 Å². The van der Waals surface area contributed by atoms with Gasteiger partial charge in [-0.05, 0) is 50.3 Å². The smallest absolute Gasteiger partial charge is 0.309 e. The van der Waals surface area contributed by atoms with Crippen LogP contribution < -0.4 is 0 Å². The van der Waals surface area contributed by atoms with Gasteiger partial charge in [-0.3, -0.25) is 4.79 Å². The molecule has 1 aromatic carbocycles. The van der Waals surface area contributed by atoms with Crippen LogP contribution in [-0.2, 0) is 22.4 Å². The summed E-state index contributed by atoms with van der Waals surface area (Å²) in [6, 6.07) is 12.9. The molecule has 0 saturated carbocycles. The van der Waals surface area contributed by atoms with Gasteiger partial charge in [0.15, 0.2) is 0 Å². The fourth-order valence-corrected chi connectivity index (χ4v) is 3.62. The number of ether oxygens (including phenoxy) is 1. The fraction of sp³-hybridized carbons (Fsp3) is 0.381. The monoisotopic (exact) mass is 323 g/mol. The van der Waals surface area contributed by atoms with Crippen LogP contribution in [0.4, 0.5) is 0 Å². The molecule has 0 fully saturated rings. The second-order valence-corrected chi connectivity index (χ2v) is 6.41. The molecule has 0 bridgehead atoms. The van der Waals surface area contributed by atoms with Crippen molar-refractivity contribution < 1.29 is 9.53 Å². The molecule has 1 aromatic heterocycles. The van der Waals surface area contributed by atoms with Crippen molar-refractivity contribution in [2.24, 2.45) is 5.92 Å². The van der Waals surface area contributed by atoms with Gasteiger partial charge in [-0.25, -0.2) is 0 Å². The first-order valence-electron chi connectivity index (χ1n) is 8.73. The quantitative estimate of drug-likeness (QED) is 0.596. The first-order chi connectivity index (χ1) is 11.7. The van der Waals surface area contributed by atoms with E-state index in [1.807, 2.05) is 19.1 Å². The van der Waals surface area contributed by atoms with Gasteiger partial charge >= 0.3 is 5.97 Å². The zero-order chi connectivity index (χ0) is 17.1. The summed E-state index contributed by atoms with van der Waals surface area (Å²) in [6.45, 7) is 8.45. The van der Waals surface area contributed by atoms with Crippen LogP contribution in [0.25, 0.3) is 11.3 Å². The van der Waals surface area contributed by atoms with E-state index in [1.54, 1.807) is 0 Å². The highest BCUT2D eigenvalue weighted by Gasteiger charge is 2.30. The number of allylic oxidation sites excluding steroid dienone is 1. The standard InChI is InChI=1S/C21H25NO2/c1-4-15(3)22-19-12-11-17(21(23)24-5-2)13-18(19)14-20(22)16-9-7-6-8-10-16/h4,6-10,14-15,17H,1,5,11-13H2,2-3H3. The summed E-state index contributed by atoms with van der Waals surface area (Å²) in [4.78, 5) is 12.1. The molecule has 0 amide bonds. The number of rotatable bonds is 5. The Morgan fingerprint density at radius 1 is 1.42 bits per heavy atom. The van der Waals surface area contributed by atoms with Crippen molar-refractivity contribution in [2.75, 3.05) is 6.61 Å². The van der Waals surface area contributed by atoms with E-state index in [1.165, 1.54) is 22.5 Å². The Hall–Kier alpha value is -2.29. The molecule has 3 heteroatoms. The maximum atomic E-state index is 12.1. The molecule has 2 atom stereocenters. The van der Waals surface area contributed by atoms with E-state index >= 15 is 0 Å². The highest BCUT2D eigenvalue weighted by Crippen LogP contribution is 2.36. The van der Waals surface area contributed by atoms with Gasteiger partial charge in [0, 0.05) is 17.4 Å². The lowest BCUT2D eigenvalue weighted by Gasteiger charge is -2.24. The van der Waals surface area contributed by atoms with Crippen LogP contribution in [0.1, 0.15) is 37.6 Å². The number of carbonyl (C=O) groups is 1. The Morgan fingerprint density at radius 3 is 2.83 bits per heavy atom. The summed E-state index contributed by atoms with van der Waals surface area (Å²) in [7, 11) is 0. The van der Waals surface area contributed by atoms with E-state index in [0.717, 1.165) is 19.3 Å². The molecule has 1 aliphatic carbocycles. The van der Waals surface area contributed by atoms with E-state index in [-0.39, 0.29) is 17.9 Å². The minimum atomic E-state index is -0.0612. The zero-order valence-electron chi connectivity index (χ0n) is 14.5. The second kappa shape index (κ2) is 7.08.